The van der Waals surface area contributed by atoms with Crippen LogP contribution in [0.4, 0.5) is 0 Å². The highest BCUT2D eigenvalue weighted by molar-refractivity contribution is 7.91. The second kappa shape index (κ2) is 5.88. The molecule has 1 N–H and O–H groups in total. The third kappa shape index (κ3) is 3.77. The summed E-state index contributed by atoms with van der Waals surface area (Å²) in [4.78, 5) is 16.1. The first-order valence-corrected chi connectivity index (χ1v) is 8.16. The lowest BCUT2D eigenvalue weighted by molar-refractivity contribution is -0.121. The number of rotatable bonds is 4. The number of pyridine rings is 1. The zero-order valence-electron chi connectivity index (χ0n) is 11.5. The third-order valence-electron chi connectivity index (χ3n) is 3.26. The van der Waals surface area contributed by atoms with E-state index in [4.69, 9.17) is 4.74 Å². The minimum Gasteiger partial charge on any atom is -0.378 e. The Morgan fingerprint density at radius 3 is 2.90 bits per heavy atom. The highest BCUT2D eigenvalue weighted by Crippen LogP contribution is 2.15. The number of aryl methyl sites for hydroxylation is 1. The number of amides is 1. The van der Waals surface area contributed by atoms with E-state index in [-0.39, 0.29) is 23.8 Å². The van der Waals surface area contributed by atoms with Crippen LogP contribution in [0.5, 0.6) is 0 Å². The molecule has 0 bridgehead atoms. The van der Waals surface area contributed by atoms with Gasteiger partial charge in [0.05, 0.1) is 30.1 Å². The maximum Gasteiger partial charge on any atom is 0.226 e. The van der Waals surface area contributed by atoms with E-state index in [0.29, 0.717) is 5.69 Å². The van der Waals surface area contributed by atoms with Crippen molar-refractivity contribution in [3.05, 3.63) is 29.6 Å². The maximum atomic E-state index is 12.0. The van der Waals surface area contributed by atoms with Crippen molar-refractivity contribution in [2.45, 2.75) is 25.5 Å². The van der Waals surface area contributed by atoms with Crippen LogP contribution in [-0.4, -0.2) is 50.1 Å². The lowest BCUT2D eigenvalue weighted by atomic mass is 10.1. The molecule has 0 aromatic carbocycles. The SMILES string of the molecule is CO[C@@H]1CS(=O)(=O)C[C@H]1NC(=O)Cc1cc(C)ccn1. The van der Waals surface area contributed by atoms with Crippen molar-refractivity contribution in [3.63, 3.8) is 0 Å². The van der Waals surface area contributed by atoms with Gasteiger partial charge in [-0.2, -0.15) is 0 Å². The predicted octanol–water partition coefficient (Wildman–Crippen LogP) is -0.139. The molecule has 1 fully saturated rings. The highest BCUT2D eigenvalue weighted by atomic mass is 32.2. The van der Waals surface area contributed by atoms with Gasteiger partial charge in [0.25, 0.3) is 0 Å². The Balaban J connectivity index is 1.98. The van der Waals surface area contributed by atoms with Gasteiger partial charge in [-0.05, 0) is 24.6 Å². The highest BCUT2D eigenvalue weighted by Gasteiger charge is 2.38. The Bertz CT molecular complexity index is 600. The number of aromatic nitrogens is 1. The first-order chi connectivity index (χ1) is 9.39. The van der Waals surface area contributed by atoms with Gasteiger partial charge in [-0.15, -0.1) is 0 Å². The average molecular weight is 298 g/mol. The number of hydrogen-bond acceptors (Lipinski definition) is 5. The zero-order chi connectivity index (χ0) is 14.8. The molecule has 0 aliphatic carbocycles. The summed E-state index contributed by atoms with van der Waals surface area (Å²) in [6.07, 6.45) is 1.30. The number of carbonyl (C=O) groups is 1. The molecule has 6 nitrogen and oxygen atoms in total. The van der Waals surface area contributed by atoms with E-state index >= 15 is 0 Å². The van der Waals surface area contributed by atoms with Crippen LogP contribution in [0, 0.1) is 6.92 Å². The molecule has 0 unspecified atom stereocenters. The quantitative estimate of drug-likeness (QED) is 0.836. The minimum absolute atomic E-state index is 0.0445. The van der Waals surface area contributed by atoms with Crippen molar-refractivity contribution in [2.24, 2.45) is 0 Å². The van der Waals surface area contributed by atoms with Gasteiger partial charge in [-0.3, -0.25) is 9.78 Å². The van der Waals surface area contributed by atoms with E-state index < -0.39 is 22.0 Å². The second-order valence-corrected chi connectivity index (χ2v) is 7.18. The van der Waals surface area contributed by atoms with Gasteiger partial charge >= 0.3 is 0 Å². The van der Waals surface area contributed by atoms with Crippen LogP contribution in [0.1, 0.15) is 11.3 Å². The summed E-state index contributed by atoms with van der Waals surface area (Å²) < 4.78 is 28.2. The summed E-state index contributed by atoms with van der Waals surface area (Å²) in [5.41, 5.74) is 1.69. The van der Waals surface area contributed by atoms with Gasteiger partial charge in [0, 0.05) is 19.0 Å². The van der Waals surface area contributed by atoms with Gasteiger partial charge in [-0.25, -0.2) is 8.42 Å². The van der Waals surface area contributed by atoms with Gasteiger partial charge in [0.1, 0.15) is 0 Å². The van der Waals surface area contributed by atoms with Crippen LogP contribution in [0.2, 0.25) is 0 Å². The van der Waals surface area contributed by atoms with Crippen LogP contribution in [0.25, 0.3) is 0 Å². The molecule has 20 heavy (non-hydrogen) atoms. The first kappa shape index (κ1) is 14.9. The third-order valence-corrected chi connectivity index (χ3v) is 4.97. The van der Waals surface area contributed by atoms with Crippen LogP contribution in [0.3, 0.4) is 0 Å². The normalized spacial score (nSPS) is 24.5. The van der Waals surface area contributed by atoms with E-state index in [9.17, 15) is 13.2 Å². The summed E-state index contributed by atoms with van der Waals surface area (Å²) in [6.45, 7) is 1.92. The fourth-order valence-electron chi connectivity index (χ4n) is 2.30. The molecule has 0 radical (unpaired) electrons. The standard InChI is InChI=1S/C13H18N2O4S/c1-9-3-4-14-10(5-9)6-13(16)15-11-7-20(17,18)8-12(11)19-2/h3-5,11-12H,6-8H2,1-2H3,(H,15,16)/t11-,12-/m1/s1. The molecule has 1 saturated heterocycles. The van der Waals surface area contributed by atoms with Crippen LogP contribution in [0.15, 0.2) is 18.3 Å². The number of nitrogens with one attached hydrogen (secondary N) is 1. The number of nitrogens with zero attached hydrogens (tertiary/aromatic N) is 1. The molecule has 1 aromatic rings. The molecule has 0 spiro atoms. The first-order valence-electron chi connectivity index (χ1n) is 6.34. The van der Waals surface area contributed by atoms with Crippen molar-refractivity contribution < 1.29 is 17.9 Å². The Hall–Kier alpha value is -1.47. The number of carbonyl (C=O) groups excluding carboxylic acids is 1. The largest absolute Gasteiger partial charge is 0.378 e. The number of hydrogen-bond donors (Lipinski definition) is 1. The molecule has 1 aliphatic heterocycles. The summed E-state index contributed by atoms with van der Waals surface area (Å²) in [7, 11) is -1.69. The van der Waals surface area contributed by atoms with Gasteiger partial charge < -0.3 is 10.1 Å². The van der Waals surface area contributed by atoms with Crippen LogP contribution in [-0.2, 0) is 25.8 Å². The van der Waals surface area contributed by atoms with E-state index in [1.165, 1.54) is 7.11 Å². The smallest absolute Gasteiger partial charge is 0.226 e. The van der Waals surface area contributed by atoms with Crippen molar-refractivity contribution in [3.8, 4) is 0 Å². The Morgan fingerprint density at radius 1 is 1.50 bits per heavy atom. The van der Waals surface area contributed by atoms with Crippen molar-refractivity contribution in [1.82, 2.24) is 10.3 Å². The fraction of sp³-hybridized carbons (Fsp3) is 0.538. The molecular formula is C13H18N2O4S. The van der Waals surface area contributed by atoms with E-state index in [0.717, 1.165) is 5.56 Å². The fourth-order valence-corrected chi connectivity index (χ4v) is 4.15. The summed E-state index contributed by atoms with van der Waals surface area (Å²) in [5.74, 6) is -0.359. The molecule has 1 aromatic heterocycles. The molecule has 2 atom stereocenters. The number of sulfone groups is 1. The van der Waals surface area contributed by atoms with E-state index in [2.05, 4.69) is 10.3 Å². The molecular weight excluding hydrogens is 280 g/mol. The van der Waals surface area contributed by atoms with Gasteiger partial charge in [-0.1, -0.05) is 0 Å². The zero-order valence-corrected chi connectivity index (χ0v) is 12.3. The van der Waals surface area contributed by atoms with Gasteiger partial charge in [0.15, 0.2) is 9.84 Å². The van der Waals surface area contributed by atoms with Crippen LogP contribution >= 0.6 is 0 Å². The van der Waals surface area contributed by atoms with Crippen molar-refractivity contribution >= 4 is 15.7 Å². The van der Waals surface area contributed by atoms with Crippen LogP contribution < -0.4 is 5.32 Å². The molecule has 2 rings (SSSR count). The average Bonchev–Trinajstić information content (AvgIpc) is 2.63. The number of methoxy groups -OCH3 is 1. The predicted molar refractivity (Wildman–Crippen MR) is 74.1 cm³/mol. The monoisotopic (exact) mass is 298 g/mol. The summed E-state index contributed by atoms with van der Waals surface area (Å²) in [6, 6.07) is 3.20. The van der Waals surface area contributed by atoms with Crippen molar-refractivity contribution in [2.75, 3.05) is 18.6 Å². The summed E-state index contributed by atoms with van der Waals surface area (Å²) >= 11 is 0. The Morgan fingerprint density at radius 2 is 2.25 bits per heavy atom. The molecule has 110 valence electrons. The van der Waals surface area contributed by atoms with Gasteiger partial charge in [0.2, 0.25) is 5.91 Å². The Labute approximate surface area is 118 Å². The molecule has 1 aliphatic rings. The molecule has 7 heteroatoms. The Kier molecular flexibility index (Phi) is 4.39. The van der Waals surface area contributed by atoms with Crippen molar-refractivity contribution in [1.29, 1.82) is 0 Å². The summed E-state index contributed by atoms with van der Waals surface area (Å²) in [5, 5.41) is 2.72. The molecule has 0 saturated carbocycles. The molecule has 2 heterocycles. The number of ether oxygens (including phenoxy) is 1. The lowest BCUT2D eigenvalue weighted by Crippen LogP contribution is -2.44. The second-order valence-electron chi connectivity index (χ2n) is 5.03. The molecule has 1 amide bonds. The van der Waals surface area contributed by atoms with E-state index in [1.807, 2.05) is 19.1 Å². The minimum atomic E-state index is -3.14. The maximum absolute atomic E-state index is 12.0. The topological polar surface area (TPSA) is 85.4 Å². The lowest BCUT2D eigenvalue weighted by Gasteiger charge is -2.17. The van der Waals surface area contributed by atoms with E-state index in [1.54, 1.807) is 6.20 Å².